The van der Waals surface area contributed by atoms with Crippen molar-refractivity contribution in [1.82, 2.24) is 4.98 Å². The van der Waals surface area contributed by atoms with E-state index in [0.29, 0.717) is 0 Å². The Balaban J connectivity index is 2.12. The SMILES string of the molecule is Oc1cc(-c2cccs2)cc(-c2ccccc2)n1. The molecule has 0 saturated carbocycles. The van der Waals surface area contributed by atoms with Crippen LogP contribution < -0.4 is 0 Å². The molecule has 0 atom stereocenters. The van der Waals surface area contributed by atoms with Crippen molar-refractivity contribution >= 4 is 11.3 Å². The summed E-state index contributed by atoms with van der Waals surface area (Å²) in [5, 5.41) is 11.8. The first-order chi connectivity index (χ1) is 8.83. The van der Waals surface area contributed by atoms with Gasteiger partial charge in [0.05, 0.1) is 5.69 Å². The molecule has 18 heavy (non-hydrogen) atoms. The van der Waals surface area contributed by atoms with Gasteiger partial charge in [-0.1, -0.05) is 36.4 Å². The first-order valence-electron chi connectivity index (χ1n) is 5.63. The van der Waals surface area contributed by atoms with Crippen LogP contribution in [0.3, 0.4) is 0 Å². The molecule has 0 spiro atoms. The summed E-state index contributed by atoms with van der Waals surface area (Å²) in [5.41, 5.74) is 2.79. The van der Waals surface area contributed by atoms with Gasteiger partial charge in [-0.05, 0) is 23.1 Å². The molecule has 0 fully saturated rings. The summed E-state index contributed by atoms with van der Waals surface area (Å²) < 4.78 is 0. The van der Waals surface area contributed by atoms with E-state index in [0.717, 1.165) is 21.7 Å². The van der Waals surface area contributed by atoms with Crippen molar-refractivity contribution in [2.24, 2.45) is 0 Å². The zero-order valence-corrected chi connectivity index (χ0v) is 10.4. The number of aromatic nitrogens is 1. The number of rotatable bonds is 2. The summed E-state index contributed by atoms with van der Waals surface area (Å²) in [6.07, 6.45) is 0. The summed E-state index contributed by atoms with van der Waals surface area (Å²) in [6.45, 7) is 0. The highest BCUT2D eigenvalue weighted by atomic mass is 32.1. The van der Waals surface area contributed by atoms with Gasteiger partial charge in [0.2, 0.25) is 5.88 Å². The molecule has 3 rings (SSSR count). The normalized spacial score (nSPS) is 10.4. The average molecular weight is 253 g/mol. The van der Waals surface area contributed by atoms with Gasteiger partial charge < -0.3 is 5.11 Å². The Morgan fingerprint density at radius 1 is 0.889 bits per heavy atom. The van der Waals surface area contributed by atoms with E-state index in [1.54, 1.807) is 17.4 Å². The summed E-state index contributed by atoms with van der Waals surface area (Å²) in [5.74, 6) is 0.0553. The summed E-state index contributed by atoms with van der Waals surface area (Å²) in [6, 6.07) is 17.6. The van der Waals surface area contributed by atoms with E-state index in [1.807, 2.05) is 53.9 Å². The van der Waals surface area contributed by atoms with Crippen LogP contribution in [0.2, 0.25) is 0 Å². The summed E-state index contributed by atoms with van der Waals surface area (Å²) in [4.78, 5) is 5.30. The molecule has 2 nitrogen and oxygen atoms in total. The van der Waals surface area contributed by atoms with Crippen LogP contribution in [-0.4, -0.2) is 10.1 Å². The molecule has 0 radical (unpaired) electrons. The van der Waals surface area contributed by atoms with E-state index < -0.39 is 0 Å². The van der Waals surface area contributed by atoms with Gasteiger partial charge in [0, 0.05) is 16.5 Å². The van der Waals surface area contributed by atoms with E-state index in [1.165, 1.54) is 0 Å². The minimum absolute atomic E-state index is 0.0553. The minimum Gasteiger partial charge on any atom is -0.493 e. The number of thiophene rings is 1. The predicted molar refractivity (Wildman–Crippen MR) is 74.7 cm³/mol. The van der Waals surface area contributed by atoms with E-state index in [4.69, 9.17) is 0 Å². The van der Waals surface area contributed by atoms with E-state index in [2.05, 4.69) is 4.98 Å². The second-order valence-corrected chi connectivity index (χ2v) is 4.89. The molecule has 0 bridgehead atoms. The number of pyridine rings is 1. The molecule has 0 saturated heterocycles. The van der Waals surface area contributed by atoms with Crippen molar-refractivity contribution in [2.75, 3.05) is 0 Å². The van der Waals surface area contributed by atoms with Crippen LogP contribution in [-0.2, 0) is 0 Å². The molecule has 0 aliphatic heterocycles. The van der Waals surface area contributed by atoms with Crippen LogP contribution in [0.5, 0.6) is 5.88 Å². The van der Waals surface area contributed by atoms with Crippen molar-refractivity contribution in [3.8, 4) is 27.6 Å². The molecular formula is C15H11NOS. The first kappa shape index (κ1) is 11.0. The molecular weight excluding hydrogens is 242 g/mol. The van der Waals surface area contributed by atoms with Crippen LogP contribution in [0.15, 0.2) is 60.0 Å². The van der Waals surface area contributed by atoms with Gasteiger partial charge >= 0.3 is 0 Å². The lowest BCUT2D eigenvalue weighted by Gasteiger charge is -2.04. The number of hydrogen-bond donors (Lipinski definition) is 1. The van der Waals surface area contributed by atoms with Gasteiger partial charge in [-0.2, -0.15) is 0 Å². The van der Waals surface area contributed by atoms with Gasteiger partial charge in [-0.3, -0.25) is 0 Å². The molecule has 0 aliphatic carbocycles. The monoisotopic (exact) mass is 253 g/mol. The van der Waals surface area contributed by atoms with Crippen molar-refractivity contribution in [3.05, 3.63) is 60.0 Å². The van der Waals surface area contributed by atoms with Gasteiger partial charge in [-0.25, -0.2) is 4.98 Å². The molecule has 2 heterocycles. The Morgan fingerprint density at radius 2 is 1.72 bits per heavy atom. The fraction of sp³-hybridized carbons (Fsp3) is 0. The third-order valence-corrected chi connectivity index (χ3v) is 3.61. The molecule has 1 N–H and O–H groups in total. The van der Waals surface area contributed by atoms with Crippen molar-refractivity contribution in [1.29, 1.82) is 0 Å². The lowest BCUT2D eigenvalue weighted by molar-refractivity contribution is 0.454. The highest BCUT2D eigenvalue weighted by molar-refractivity contribution is 7.13. The van der Waals surface area contributed by atoms with Gasteiger partial charge in [0.1, 0.15) is 0 Å². The fourth-order valence-corrected chi connectivity index (χ4v) is 2.57. The van der Waals surface area contributed by atoms with Gasteiger partial charge in [0.15, 0.2) is 0 Å². The molecule has 1 aromatic carbocycles. The quantitative estimate of drug-likeness (QED) is 0.743. The molecule has 2 aromatic heterocycles. The number of aromatic hydroxyl groups is 1. The second-order valence-electron chi connectivity index (χ2n) is 3.94. The highest BCUT2D eigenvalue weighted by Crippen LogP contribution is 2.30. The lowest BCUT2D eigenvalue weighted by Crippen LogP contribution is -1.85. The zero-order valence-electron chi connectivity index (χ0n) is 9.58. The van der Waals surface area contributed by atoms with Crippen LogP contribution in [0.4, 0.5) is 0 Å². The number of benzene rings is 1. The lowest BCUT2D eigenvalue weighted by atomic mass is 10.1. The molecule has 0 unspecified atom stereocenters. The zero-order chi connectivity index (χ0) is 12.4. The maximum Gasteiger partial charge on any atom is 0.211 e. The van der Waals surface area contributed by atoms with E-state index in [-0.39, 0.29) is 5.88 Å². The summed E-state index contributed by atoms with van der Waals surface area (Å²) in [7, 11) is 0. The predicted octanol–water partition coefficient (Wildman–Crippen LogP) is 4.18. The second kappa shape index (κ2) is 4.63. The maximum absolute atomic E-state index is 9.75. The fourth-order valence-electron chi connectivity index (χ4n) is 1.86. The molecule has 3 heteroatoms. The van der Waals surface area contributed by atoms with Crippen LogP contribution in [0.1, 0.15) is 0 Å². The van der Waals surface area contributed by atoms with Crippen LogP contribution >= 0.6 is 11.3 Å². The minimum atomic E-state index is 0.0553. The Morgan fingerprint density at radius 3 is 2.44 bits per heavy atom. The Kier molecular flexibility index (Phi) is 2.82. The first-order valence-corrected chi connectivity index (χ1v) is 6.51. The Labute approximate surface area is 109 Å². The molecule has 0 aliphatic rings. The third kappa shape index (κ3) is 2.13. The van der Waals surface area contributed by atoms with Gasteiger partial charge in [-0.15, -0.1) is 11.3 Å². The van der Waals surface area contributed by atoms with E-state index >= 15 is 0 Å². The maximum atomic E-state index is 9.75. The average Bonchev–Trinajstić information content (AvgIpc) is 2.93. The summed E-state index contributed by atoms with van der Waals surface area (Å²) >= 11 is 1.65. The topological polar surface area (TPSA) is 33.1 Å². The van der Waals surface area contributed by atoms with Crippen molar-refractivity contribution in [3.63, 3.8) is 0 Å². The van der Waals surface area contributed by atoms with E-state index in [9.17, 15) is 5.11 Å². The molecule has 88 valence electrons. The van der Waals surface area contributed by atoms with Crippen molar-refractivity contribution in [2.45, 2.75) is 0 Å². The largest absolute Gasteiger partial charge is 0.493 e. The molecule has 0 amide bonds. The Bertz CT molecular complexity index is 648. The van der Waals surface area contributed by atoms with Gasteiger partial charge in [0.25, 0.3) is 0 Å². The standard InChI is InChI=1S/C15H11NOS/c17-15-10-12(14-7-4-8-18-14)9-13(16-15)11-5-2-1-3-6-11/h1-10H,(H,16,17). The molecule has 3 aromatic rings. The smallest absolute Gasteiger partial charge is 0.211 e. The Hall–Kier alpha value is -2.13. The highest BCUT2D eigenvalue weighted by Gasteiger charge is 2.06. The van der Waals surface area contributed by atoms with Crippen LogP contribution in [0, 0.1) is 0 Å². The van der Waals surface area contributed by atoms with Crippen LogP contribution in [0.25, 0.3) is 21.7 Å². The third-order valence-electron chi connectivity index (χ3n) is 2.69. The van der Waals surface area contributed by atoms with Crippen molar-refractivity contribution < 1.29 is 5.11 Å². The number of nitrogens with zero attached hydrogens (tertiary/aromatic N) is 1. The number of hydrogen-bond acceptors (Lipinski definition) is 3.